The van der Waals surface area contributed by atoms with Crippen LogP contribution in [-0.2, 0) is 10.5 Å². The monoisotopic (exact) mass is 487 g/mol. The van der Waals surface area contributed by atoms with E-state index < -0.39 is 0 Å². The first kappa shape index (κ1) is 24.5. The largest absolute Gasteiger partial charge is 0.484 e. The number of nitrogens with zero attached hydrogens (tertiary/aromatic N) is 2. The zero-order chi connectivity index (χ0) is 24.3. The summed E-state index contributed by atoms with van der Waals surface area (Å²) in [4.78, 5) is 27.7. The van der Waals surface area contributed by atoms with E-state index in [4.69, 9.17) is 4.74 Å². The number of likely N-dealkylation sites (tertiary alicyclic amines) is 1. The summed E-state index contributed by atoms with van der Waals surface area (Å²) in [6, 6.07) is 25.0. The predicted octanol–water partition coefficient (Wildman–Crippen LogP) is 5.13. The molecular weight excluding hydrogens is 458 g/mol. The van der Waals surface area contributed by atoms with Crippen molar-refractivity contribution in [3.63, 3.8) is 0 Å². The highest BCUT2D eigenvalue weighted by atomic mass is 32.2. The highest BCUT2D eigenvalue weighted by Crippen LogP contribution is 2.22. The minimum absolute atomic E-state index is 0.0287. The van der Waals surface area contributed by atoms with Crippen LogP contribution in [0.15, 0.2) is 88.9 Å². The van der Waals surface area contributed by atoms with Gasteiger partial charge in [-0.1, -0.05) is 30.3 Å². The van der Waals surface area contributed by atoms with E-state index in [1.165, 1.54) is 11.3 Å². The SMILES string of the molecule is O=C(N/N=C/c1ccc(OCC(=O)N2CCCCC2)cc1)c1ccc(CSc2ccccc2)cc1. The first-order valence-electron chi connectivity index (χ1n) is 11.8. The van der Waals surface area contributed by atoms with Gasteiger partial charge in [-0.15, -0.1) is 11.8 Å². The van der Waals surface area contributed by atoms with Gasteiger partial charge in [-0.3, -0.25) is 9.59 Å². The number of carbonyl (C=O) groups is 2. The van der Waals surface area contributed by atoms with Crippen LogP contribution < -0.4 is 10.2 Å². The van der Waals surface area contributed by atoms with Crippen molar-refractivity contribution < 1.29 is 14.3 Å². The fourth-order valence-corrected chi connectivity index (χ4v) is 4.57. The van der Waals surface area contributed by atoms with Crippen LogP contribution in [0.25, 0.3) is 0 Å². The molecule has 4 rings (SSSR count). The number of hydrogen-bond donors (Lipinski definition) is 1. The fourth-order valence-electron chi connectivity index (χ4n) is 3.70. The molecule has 3 aromatic carbocycles. The van der Waals surface area contributed by atoms with Gasteiger partial charge >= 0.3 is 0 Å². The molecule has 0 bridgehead atoms. The third kappa shape index (κ3) is 7.72. The number of nitrogens with one attached hydrogen (secondary N) is 1. The van der Waals surface area contributed by atoms with Crippen molar-refractivity contribution in [2.75, 3.05) is 19.7 Å². The number of piperidine rings is 1. The van der Waals surface area contributed by atoms with Crippen LogP contribution in [0, 0.1) is 0 Å². The molecule has 0 radical (unpaired) electrons. The number of ether oxygens (including phenoxy) is 1. The molecule has 1 aliphatic rings. The predicted molar refractivity (Wildman–Crippen MR) is 140 cm³/mol. The molecule has 0 aromatic heterocycles. The lowest BCUT2D eigenvalue weighted by molar-refractivity contribution is -0.134. The topological polar surface area (TPSA) is 71.0 Å². The van der Waals surface area contributed by atoms with E-state index in [2.05, 4.69) is 22.7 Å². The number of thioether (sulfide) groups is 1. The Morgan fingerprint density at radius 1 is 0.914 bits per heavy atom. The van der Waals surface area contributed by atoms with Crippen molar-refractivity contribution in [2.45, 2.75) is 29.9 Å². The number of hydrogen-bond acceptors (Lipinski definition) is 5. The molecule has 0 aliphatic carbocycles. The van der Waals surface area contributed by atoms with Crippen molar-refractivity contribution in [3.8, 4) is 5.75 Å². The van der Waals surface area contributed by atoms with Crippen LogP contribution in [-0.4, -0.2) is 42.6 Å². The van der Waals surface area contributed by atoms with Gasteiger partial charge in [-0.05, 0) is 78.9 Å². The van der Waals surface area contributed by atoms with E-state index in [0.717, 1.165) is 42.8 Å². The molecule has 1 heterocycles. The van der Waals surface area contributed by atoms with Gasteiger partial charge in [0.15, 0.2) is 6.61 Å². The Morgan fingerprint density at radius 2 is 1.63 bits per heavy atom. The van der Waals surface area contributed by atoms with Gasteiger partial charge in [-0.25, -0.2) is 5.43 Å². The summed E-state index contributed by atoms with van der Waals surface area (Å²) in [5, 5.41) is 4.05. The van der Waals surface area contributed by atoms with Crippen LogP contribution >= 0.6 is 11.8 Å². The molecule has 3 aromatic rings. The number of amides is 2. The molecular formula is C28H29N3O3S. The standard InChI is InChI=1S/C28H29N3O3S/c32-27(31-17-5-2-6-18-31)20-34-25-15-11-22(12-16-25)19-29-30-28(33)24-13-9-23(10-14-24)21-35-26-7-3-1-4-8-26/h1,3-4,7-16,19H,2,5-6,17-18,20-21H2,(H,30,33)/b29-19+. The van der Waals surface area contributed by atoms with Gasteiger partial charge in [-0.2, -0.15) is 5.10 Å². The van der Waals surface area contributed by atoms with Crippen LogP contribution in [0.4, 0.5) is 0 Å². The molecule has 0 saturated carbocycles. The van der Waals surface area contributed by atoms with Gasteiger partial charge < -0.3 is 9.64 Å². The summed E-state index contributed by atoms with van der Waals surface area (Å²) in [6.45, 7) is 1.69. The zero-order valence-corrected chi connectivity index (χ0v) is 20.4. The van der Waals surface area contributed by atoms with Crippen LogP contribution in [0.1, 0.15) is 40.7 Å². The molecule has 7 heteroatoms. The molecule has 2 amide bonds. The Bertz CT molecular complexity index is 1130. The van der Waals surface area contributed by atoms with Gasteiger partial charge in [0.25, 0.3) is 11.8 Å². The molecule has 1 N–H and O–H groups in total. The van der Waals surface area contributed by atoms with Gasteiger partial charge in [0, 0.05) is 29.3 Å². The highest BCUT2D eigenvalue weighted by molar-refractivity contribution is 7.98. The average Bonchev–Trinajstić information content (AvgIpc) is 2.92. The Hall–Kier alpha value is -3.58. The smallest absolute Gasteiger partial charge is 0.271 e. The summed E-state index contributed by atoms with van der Waals surface area (Å²) in [5.74, 6) is 1.23. The lowest BCUT2D eigenvalue weighted by atomic mass is 10.1. The van der Waals surface area contributed by atoms with E-state index in [9.17, 15) is 9.59 Å². The van der Waals surface area contributed by atoms with E-state index in [1.54, 1.807) is 30.1 Å². The molecule has 35 heavy (non-hydrogen) atoms. The van der Waals surface area contributed by atoms with E-state index in [-0.39, 0.29) is 18.4 Å². The van der Waals surface area contributed by atoms with Crippen LogP contribution in [0.2, 0.25) is 0 Å². The zero-order valence-electron chi connectivity index (χ0n) is 19.6. The normalized spacial score (nSPS) is 13.5. The van der Waals surface area contributed by atoms with Crippen molar-refractivity contribution in [2.24, 2.45) is 5.10 Å². The average molecular weight is 488 g/mol. The van der Waals surface area contributed by atoms with Crippen LogP contribution in [0.5, 0.6) is 5.75 Å². The summed E-state index contributed by atoms with van der Waals surface area (Å²) >= 11 is 1.76. The highest BCUT2D eigenvalue weighted by Gasteiger charge is 2.16. The molecule has 1 saturated heterocycles. The number of benzene rings is 3. The quantitative estimate of drug-likeness (QED) is 0.258. The summed E-state index contributed by atoms with van der Waals surface area (Å²) in [5.41, 5.74) is 5.08. The number of rotatable bonds is 9. The first-order chi connectivity index (χ1) is 17.2. The van der Waals surface area contributed by atoms with Gasteiger partial charge in [0.05, 0.1) is 6.21 Å². The van der Waals surface area contributed by atoms with Crippen molar-refractivity contribution >= 4 is 29.8 Å². The second-order valence-electron chi connectivity index (χ2n) is 8.30. The second-order valence-corrected chi connectivity index (χ2v) is 9.35. The molecule has 0 unspecified atom stereocenters. The maximum absolute atomic E-state index is 12.4. The van der Waals surface area contributed by atoms with Crippen LogP contribution in [0.3, 0.4) is 0 Å². The fraction of sp³-hybridized carbons (Fsp3) is 0.250. The van der Waals surface area contributed by atoms with Gasteiger partial charge in [0.1, 0.15) is 5.75 Å². The molecule has 1 aliphatic heterocycles. The maximum Gasteiger partial charge on any atom is 0.271 e. The molecule has 0 spiro atoms. The van der Waals surface area contributed by atoms with E-state index in [0.29, 0.717) is 11.3 Å². The Kier molecular flexibility index (Phi) is 8.95. The lowest BCUT2D eigenvalue weighted by Gasteiger charge is -2.26. The lowest BCUT2D eigenvalue weighted by Crippen LogP contribution is -2.38. The third-order valence-corrected chi connectivity index (χ3v) is 6.78. The van der Waals surface area contributed by atoms with E-state index >= 15 is 0 Å². The van der Waals surface area contributed by atoms with Crippen molar-refractivity contribution in [3.05, 3.63) is 95.6 Å². The Labute approximate surface area is 210 Å². The molecule has 1 fully saturated rings. The minimum atomic E-state index is -0.264. The summed E-state index contributed by atoms with van der Waals surface area (Å²) in [7, 11) is 0. The molecule has 180 valence electrons. The maximum atomic E-state index is 12.4. The third-order valence-electron chi connectivity index (χ3n) is 5.70. The summed E-state index contributed by atoms with van der Waals surface area (Å²) in [6.07, 6.45) is 4.89. The first-order valence-corrected chi connectivity index (χ1v) is 12.8. The Morgan fingerprint density at radius 3 is 2.34 bits per heavy atom. The Balaban J connectivity index is 1.20. The molecule has 6 nitrogen and oxygen atoms in total. The summed E-state index contributed by atoms with van der Waals surface area (Å²) < 4.78 is 5.62. The van der Waals surface area contributed by atoms with E-state index in [1.807, 2.05) is 59.5 Å². The van der Waals surface area contributed by atoms with Crippen molar-refractivity contribution in [1.29, 1.82) is 0 Å². The second kappa shape index (κ2) is 12.8. The molecule has 0 atom stereocenters. The van der Waals surface area contributed by atoms with Gasteiger partial charge in [0.2, 0.25) is 0 Å². The van der Waals surface area contributed by atoms with Crippen molar-refractivity contribution in [1.82, 2.24) is 10.3 Å². The number of carbonyl (C=O) groups excluding carboxylic acids is 2. The minimum Gasteiger partial charge on any atom is -0.484 e. The number of hydrazone groups is 1.